The van der Waals surface area contributed by atoms with Gasteiger partial charge in [-0.25, -0.2) is 0 Å². The molecule has 0 aromatic carbocycles. The van der Waals surface area contributed by atoms with E-state index in [4.69, 9.17) is 4.74 Å². The summed E-state index contributed by atoms with van der Waals surface area (Å²) < 4.78 is 5.80. The van der Waals surface area contributed by atoms with Crippen molar-refractivity contribution in [3.05, 3.63) is 0 Å². The molecule has 0 saturated heterocycles. The van der Waals surface area contributed by atoms with Crippen LogP contribution in [-0.4, -0.2) is 23.4 Å². The van der Waals surface area contributed by atoms with Gasteiger partial charge in [-0.2, -0.15) is 0 Å². The highest BCUT2D eigenvalue weighted by Crippen LogP contribution is 2.38. The first-order valence-corrected chi connectivity index (χ1v) is 6.02. The maximum atomic E-state index is 10.3. The molecule has 0 aliphatic heterocycles. The summed E-state index contributed by atoms with van der Waals surface area (Å²) in [6.45, 7) is 6.93. The number of aliphatic hydroxyl groups excluding tert-OH is 1. The first-order chi connectivity index (χ1) is 6.70. The van der Waals surface area contributed by atoms with Gasteiger partial charge in [0.25, 0.3) is 0 Å². The maximum absolute atomic E-state index is 10.3. The molecule has 2 heteroatoms. The molecule has 1 atom stereocenters. The van der Waals surface area contributed by atoms with Crippen LogP contribution in [-0.2, 0) is 4.74 Å². The lowest BCUT2D eigenvalue weighted by molar-refractivity contribution is -0.153. The number of aliphatic hydroxyl groups is 1. The Morgan fingerprint density at radius 1 is 1.29 bits per heavy atom. The number of hydrogen-bond donors (Lipinski definition) is 1. The van der Waals surface area contributed by atoms with Gasteiger partial charge in [0.1, 0.15) is 0 Å². The monoisotopic (exact) mass is 200 g/mol. The minimum Gasteiger partial charge on any atom is -0.390 e. The molecule has 1 aliphatic carbocycles. The van der Waals surface area contributed by atoms with Crippen LogP contribution in [0.3, 0.4) is 0 Å². The molecule has 0 aromatic heterocycles. The normalized spacial score (nSPS) is 20.6. The van der Waals surface area contributed by atoms with Gasteiger partial charge in [0, 0.05) is 6.61 Å². The van der Waals surface area contributed by atoms with Crippen molar-refractivity contribution in [2.24, 2.45) is 5.92 Å². The Labute approximate surface area is 87.7 Å². The van der Waals surface area contributed by atoms with Gasteiger partial charge in [0.05, 0.1) is 11.7 Å². The Balaban J connectivity index is 2.62. The van der Waals surface area contributed by atoms with Gasteiger partial charge in [-0.1, -0.05) is 20.3 Å². The van der Waals surface area contributed by atoms with E-state index in [0.29, 0.717) is 12.5 Å². The van der Waals surface area contributed by atoms with Gasteiger partial charge in [-0.3, -0.25) is 0 Å². The highest BCUT2D eigenvalue weighted by atomic mass is 16.5. The molecule has 14 heavy (non-hydrogen) atoms. The summed E-state index contributed by atoms with van der Waals surface area (Å²) >= 11 is 0. The molecule has 0 radical (unpaired) electrons. The van der Waals surface area contributed by atoms with Crippen molar-refractivity contribution in [3.63, 3.8) is 0 Å². The van der Waals surface area contributed by atoms with Crippen molar-refractivity contribution in [2.75, 3.05) is 6.61 Å². The molecule has 0 bridgehead atoms. The van der Waals surface area contributed by atoms with Crippen LogP contribution in [0.5, 0.6) is 0 Å². The fourth-order valence-corrected chi connectivity index (χ4v) is 2.43. The Hall–Kier alpha value is -0.0800. The van der Waals surface area contributed by atoms with Crippen LogP contribution in [0.1, 0.15) is 52.9 Å². The minimum absolute atomic E-state index is 0.258. The van der Waals surface area contributed by atoms with Crippen molar-refractivity contribution < 1.29 is 9.84 Å². The van der Waals surface area contributed by atoms with Gasteiger partial charge < -0.3 is 9.84 Å². The Morgan fingerprint density at radius 2 is 1.86 bits per heavy atom. The van der Waals surface area contributed by atoms with Crippen LogP contribution in [0.15, 0.2) is 0 Å². The average molecular weight is 200 g/mol. The first-order valence-electron chi connectivity index (χ1n) is 6.02. The quantitative estimate of drug-likeness (QED) is 0.714. The predicted molar refractivity (Wildman–Crippen MR) is 58.3 cm³/mol. The fraction of sp³-hybridized carbons (Fsp3) is 1.00. The van der Waals surface area contributed by atoms with Gasteiger partial charge in [0.2, 0.25) is 0 Å². The molecule has 1 N–H and O–H groups in total. The average Bonchev–Trinajstić information content (AvgIpc) is 2.11. The van der Waals surface area contributed by atoms with E-state index in [2.05, 4.69) is 13.8 Å². The molecule has 0 amide bonds. The lowest BCUT2D eigenvalue weighted by atomic mass is 9.73. The summed E-state index contributed by atoms with van der Waals surface area (Å²) in [5.74, 6) is 0.487. The third kappa shape index (κ3) is 2.12. The summed E-state index contributed by atoms with van der Waals surface area (Å²) in [6, 6.07) is 0. The largest absolute Gasteiger partial charge is 0.390 e. The lowest BCUT2D eigenvalue weighted by Crippen LogP contribution is -2.49. The summed E-state index contributed by atoms with van der Waals surface area (Å²) in [7, 11) is 0. The van der Waals surface area contributed by atoms with Crippen molar-refractivity contribution in [2.45, 2.75) is 64.6 Å². The Kier molecular flexibility index (Phi) is 4.39. The maximum Gasteiger partial charge on any atom is 0.0937 e. The molecule has 1 rings (SSSR count). The first kappa shape index (κ1) is 12.0. The van der Waals surface area contributed by atoms with Crippen LogP contribution in [0.25, 0.3) is 0 Å². The zero-order chi connectivity index (χ0) is 10.6. The van der Waals surface area contributed by atoms with E-state index in [-0.39, 0.29) is 11.7 Å². The molecule has 2 nitrogen and oxygen atoms in total. The number of rotatable bonds is 6. The van der Waals surface area contributed by atoms with E-state index in [1.54, 1.807) is 0 Å². The zero-order valence-corrected chi connectivity index (χ0v) is 9.75. The van der Waals surface area contributed by atoms with Crippen molar-refractivity contribution in [3.8, 4) is 0 Å². The SMILES string of the molecule is CCOC(CC)(CC)C(O)C1CCC1. The number of hydrogen-bond acceptors (Lipinski definition) is 2. The van der Waals surface area contributed by atoms with Crippen LogP contribution >= 0.6 is 0 Å². The molecular weight excluding hydrogens is 176 g/mol. The second-order valence-corrected chi connectivity index (χ2v) is 4.34. The molecule has 84 valence electrons. The molecule has 0 aromatic rings. The summed E-state index contributed by atoms with van der Waals surface area (Å²) in [4.78, 5) is 0. The van der Waals surface area contributed by atoms with E-state index in [9.17, 15) is 5.11 Å². The third-order valence-corrected chi connectivity index (χ3v) is 3.76. The third-order valence-electron chi connectivity index (χ3n) is 3.76. The van der Waals surface area contributed by atoms with Crippen molar-refractivity contribution in [1.82, 2.24) is 0 Å². The fourth-order valence-electron chi connectivity index (χ4n) is 2.43. The van der Waals surface area contributed by atoms with E-state index in [1.165, 1.54) is 19.3 Å². The van der Waals surface area contributed by atoms with Crippen LogP contribution < -0.4 is 0 Å². The molecule has 1 aliphatic rings. The zero-order valence-electron chi connectivity index (χ0n) is 9.75. The highest BCUT2D eigenvalue weighted by molar-refractivity contribution is 4.93. The van der Waals surface area contributed by atoms with Gasteiger partial charge in [-0.05, 0) is 38.5 Å². The van der Waals surface area contributed by atoms with E-state index < -0.39 is 0 Å². The Bertz CT molecular complexity index is 160. The topological polar surface area (TPSA) is 29.5 Å². The van der Waals surface area contributed by atoms with E-state index in [0.717, 1.165) is 12.8 Å². The van der Waals surface area contributed by atoms with Crippen molar-refractivity contribution in [1.29, 1.82) is 0 Å². The molecule has 1 unspecified atom stereocenters. The standard InChI is InChI=1S/C12H24O2/c1-4-12(5-2,14-6-3)11(13)10-8-7-9-10/h10-11,13H,4-9H2,1-3H3. The van der Waals surface area contributed by atoms with E-state index in [1.807, 2.05) is 6.92 Å². The number of ether oxygens (including phenoxy) is 1. The molecule has 0 heterocycles. The second kappa shape index (κ2) is 5.13. The van der Waals surface area contributed by atoms with Gasteiger partial charge in [0.15, 0.2) is 0 Å². The summed E-state index contributed by atoms with van der Waals surface area (Å²) in [5, 5.41) is 10.3. The van der Waals surface area contributed by atoms with Gasteiger partial charge >= 0.3 is 0 Å². The van der Waals surface area contributed by atoms with Crippen LogP contribution in [0.4, 0.5) is 0 Å². The molecular formula is C12H24O2. The second-order valence-electron chi connectivity index (χ2n) is 4.34. The van der Waals surface area contributed by atoms with Crippen molar-refractivity contribution >= 4 is 0 Å². The Morgan fingerprint density at radius 3 is 2.14 bits per heavy atom. The molecule has 1 fully saturated rings. The minimum atomic E-state index is -0.278. The predicted octanol–water partition coefficient (Wildman–Crippen LogP) is 2.74. The highest BCUT2D eigenvalue weighted by Gasteiger charge is 2.41. The van der Waals surface area contributed by atoms with Crippen LogP contribution in [0.2, 0.25) is 0 Å². The van der Waals surface area contributed by atoms with Crippen LogP contribution in [0, 0.1) is 5.92 Å². The van der Waals surface area contributed by atoms with E-state index >= 15 is 0 Å². The smallest absolute Gasteiger partial charge is 0.0937 e. The molecule has 1 saturated carbocycles. The molecule has 0 spiro atoms. The van der Waals surface area contributed by atoms with Gasteiger partial charge in [-0.15, -0.1) is 0 Å². The summed E-state index contributed by atoms with van der Waals surface area (Å²) in [6.07, 6.45) is 5.19. The summed E-state index contributed by atoms with van der Waals surface area (Å²) in [5.41, 5.74) is -0.278. The lowest BCUT2D eigenvalue weighted by Gasteiger charge is -2.43.